The van der Waals surface area contributed by atoms with Crippen molar-refractivity contribution in [3.63, 3.8) is 0 Å². The van der Waals surface area contributed by atoms with Gasteiger partial charge < -0.3 is 4.74 Å². The molecule has 0 unspecified atom stereocenters. The minimum absolute atomic E-state index is 0.0761. The fourth-order valence-electron chi connectivity index (χ4n) is 2.35. The van der Waals surface area contributed by atoms with E-state index in [4.69, 9.17) is 4.74 Å². The van der Waals surface area contributed by atoms with E-state index < -0.39 is 0 Å². The van der Waals surface area contributed by atoms with Gasteiger partial charge in [0.1, 0.15) is 11.5 Å². The zero-order valence-electron chi connectivity index (χ0n) is 11.7. The summed E-state index contributed by atoms with van der Waals surface area (Å²) in [6.45, 7) is 3.87. The van der Waals surface area contributed by atoms with Crippen LogP contribution in [0.2, 0.25) is 0 Å². The lowest BCUT2D eigenvalue weighted by atomic mass is 9.96. The van der Waals surface area contributed by atoms with E-state index in [2.05, 4.69) is 11.1 Å². The number of carbonyl (C=O) groups is 1. The average Bonchev–Trinajstić information content (AvgIpc) is 2.45. The van der Waals surface area contributed by atoms with E-state index >= 15 is 0 Å². The highest BCUT2D eigenvalue weighted by molar-refractivity contribution is 5.82. The Morgan fingerprint density at radius 2 is 2.15 bits per heavy atom. The number of hydrogen-bond donors (Lipinski definition) is 0. The Kier molecular flexibility index (Phi) is 3.26. The summed E-state index contributed by atoms with van der Waals surface area (Å²) < 4.78 is 5.79. The van der Waals surface area contributed by atoms with E-state index in [-0.39, 0.29) is 11.7 Å². The molecular formula is C17H17NO2. The van der Waals surface area contributed by atoms with Crippen LogP contribution in [0.3, 0.4) is 0 Å². The number of pyridine rings is 1. The van der Waals surface area contributed by atoms with Crippen molar-refractivity contribution in [2.75, 3.05) is 0 Å². The van der Waals surface area contributed by atoms with E-state index in [1.807, 2.05) is 38.1 Å². The molecule has 2 heterocycles. The molecule has 1 aliphatic heterocycles. The second kappa shape index (κ2) is 5.08. The largest absolute Gasteiger partial charge is 0.438 e. The first kappa shape index (κ1) is 12.9. The van der Waals surface area contributed by atoms with E-state index in [1.54, 1.807) is 6.20 Å². The predicted molar refractivity (Wildman–Crippen MR) is 77.1 cm³/mol. The van der Waals surface area contributed by atoms with Gasteiger partial charge in [0.2, 0.25) is 5.88 Å². The number of carbonyl (C=O) groups excluding carboxylic acids is 1. The lowest BCUT2D eigenvalue weighted by Crippen LogP contribution is -2.11. The van der Waals surface area contributed by atoms with Gasteiger partial charge in [-0.15, -0.1) is 0 Å². The maximum Gasteiger partial charge on any atom is 0.222 e. The van der Waals surface area contributed by atoms with E-state index in [9.17, 15) is 4.79 Å². The van der Waals surface area contributed by atoms with Gasteiger partial charge in [-0.3, -0.25) is 4.79 Å². The van der Waals surface area contributed by atoms with E-state index in [1.165, 1.54) is 0 Å². The fraction of sp³-hybridized carbons (Fsp3) is 0.294. The highest BCUT2D eigenvalue weighted by Crippen LogP contribution is 2.35. The summed E-state index contributed by atoms with van der Waals surface area (Å²) in [5.41, 5.74) is 3.27. The first-order valence-corrected chi connectivity index (χ1v) is 6.90. The number of hydrogen-bond acceptors (Lipinski definition) is 3. The minimum atomic E-state index is 0.0761. The third kappa shape index (κ3) is 2.44. The van der Waals surface area contributed by atoms with Crippen LogP contribution in [0.15, 0.2) is 36.5 Å². The molecule has 0 fully saturated rings. The third-order valence-electron chi connectivity index (χ3n) is 3.58. The first-order chi connectivity index (χ1) is 9.63. The Labute approximate surface area is 118 Å². The summed E-state index contributed by atoms with van der Waals surface area (Å²) in [4.78, 5) is 16.1. The molecule has 3 rings (SSSR count). The van der Waals surface area contributed by atoms with Gasteiger partial charge in [-0.2, -0.15) is 0 Å². The lowest BCUT2D eigenvalue weighted by molar-refractivity contribution is -0.121. The molecule has 20 heavy (non-hydrogen) atoms. The van der Waals surface area contributed by atoms with Gasteiger partial charge in [0.05, 0.1) is 0 Å². The topological polar surface area (TPSA) is 39.2 Å². The monoisotopic (exact) mass is 267 g/mol. The van der Waals surface area contributed by atoms with Crippen molar-refractivity contribution in [2.45, 2.75) is 26.7 Å². The zero-order valence-corrected chi connectivity index (χ0v) is 11.7. The molecule has 0 atom stereocenters. The van der Waals surface area contributed by atoms with Gasteiger partial charge in [-0.1, -0.05) is 32.0 Å². The Morgan fingerprint density at radius 1 is 1.30 bits per heavy atom. The number of fused-ring (bicyclic) bond motifs is 2. The molecule has 1 aromatic heterocycles. The minimum Gasteiger partial charge on any atom is -0.438 e. The normalized spacial score (nSPS) is 12.6. The smallest absolute Gasteiger partial charge is 0.222 e. The summed E-state index contributed by atoms with van der Waals surface area (Å²) in [6, 6.07) is 9.92. The number of ether oxygens (including phenoxy) is 1. The standard InChI is InChI=1S/C17H17NO2/c1-11(2)15(19)9-12-5-6-16-14(8-12)10-13-4-3-7-18-17(13)20-16/h3-8,11H,9-10H2,1-2H3. The van der Waals surface area contributed by atoms with Crippen molar-refractivity contribution in [1.82, 2.24) is 4.98 Å². The number of Topliss-reactive ketones (excluding diaryl/α,β-unsaturated/α-hetero) is 1. The van der Waals surface area contributed by atoms with Crippen molar-refractivity contribution >= 4 is 5.78 Å². The lowest BCUT2D eigenvalue weighted by Gasteiger charge is -2.19. The van der Waals surface area contributed by atoms with Gasteiger partial charge in [0.25, 0.3) is 0 Å². The maximum absolute atomic E-state index is 11.8. The van der Waals surface area contributed by atoms with E-state index in [0.717, 1.165) is 28.9 Å². The molecule has 0 N–H and O–H groups in total. The fourth-order valence-corrected chi connectivity index (χ4v) is 2.35. The van der Waals surface area contributed by atoms with Crippen LogP contribution in [-0.4, -0.2) is 10.8 Å². The van der Waals surface area contributed by atoms with Crippen molar-refractivity contribution in [3.05, 3.63) is 53.2 Å². The molecule has 0 spiro atoms. The van der Waals surface area contributed by atoms with Crippen LogP contribution >= 0.6 is 0 Å². The Morgan fingerprint density at radius 3 is 2.95 bits per heavy atom. The maximum atomic E-state index is 11.8. The summed E-state index contributed by atoms with van der Waals surface area (Å²) >= 11 is 0. The van der Waals surface area contributed by atoms with Crippen molar-refractivity contribution in [3.8, 4) is 11.6 Å². The molecule has 3 nitrogen and oxygen atoms in total. The summed E-state index contributed by atoms with van der Waals surface area (Å²) in [6.07, 6.45) is 3.03. The molecule has 1 aromatic carbocycles. The molecule has 0 saturated carbocycles. The summed E-state index contributed by atoms with van der Waals surface area (Å²) in [7, 11) is 0. The van der Waals surface area contributed by atoms with E-state index in [0.29, 0.717) is 12.3 Å². The number of ketones is 1. The van der Waals surface area contributed by atoms with Crippen LogP contribution in [0, 0.1) is 5.92 Å². The van der Waals surface area contributed by atoms with Gasteiger partial charge in [-0.05, 0) is 23.3 Å². The number of benzene rings is 1. The SMILES string of the molecule is CC(C)C(=O)Cc1ccc2c(c1)Cc1cccnc1O2. The second-order valence-electron chi connectivity index (χ2n) is 5.49. The van der Waals surface area contributed by atoms with Gasteiger partial charge >= 0.3 is 0 Å². The van der Waals surface area contributed by atoms with Crippen LogP contribution in [0.5, 0.6) is 11.6 Å². The molecular weight excluding hydrogens is 250 g/mol. The van der Waals surface area contributed by atoms with Gasteiger partial charge in [0, 0.05) is 30.5 Å². The van der Waals surface area contributed by atoms with Gasteiger partial charge in [-0.25, -0.2) is 4.98 Å². The third-order valence-corrected chi connectivity index (χ3v) is 3.58. The van der Waals surface area contributed by atoms with Crippen molar-refractivity contribution in [2.24, 2.45) is 5.92 Å². The number of nitrogens with zero attached hydrogens (tertiary/aromatic N) is 1. The molecule has 3 heteroatoms. The second-order valence-corrected chi connectivity index (χ2v) is 5.49. The Bertz CT molecular complexity index is 662. The molecule has 0 aliphatic carbocycles. The van der Waals surface area contributed by atoms with Crippen molar-refractivity contribution in [1.29, 1.82) is 0 Å². The Hall–Kier alpha value is -2.16. The Balaban J connectivity index is 1.86. The molecule has 1 aliphatic rings. The van der Waals surface area contributed by atoms with Crippen LogP contribution in [0.25, 0.3) is 0 Å². The number of aromatic nitrogens is 1. The molecule has 0 saturated heterocycles. The van der Waals surface area contributed by atoms with Crippen LogP contribution < -0.4 is 4.74 Å². The predicted octanol–water partition coefficient (Wildman–Crippen LogP) is 3.55. The first-order valence-electron chi connectivity index (χ1n) is 6.90. The average molecular weight is 267 g/mol. The molecule has 102 valence electrons. The zero-order chi connectivity index (χ0) is 14.1. The van der Waals surface area contributed by atoms with Crippen LogP contribution in [0.4, 0.5) is 0 Å². The van der Waals surface area contributed by atoms with Crippen LogP contribution in [0.1, 0.15) is 30.5 Å². The van der Waals surface area contributed by atoms with Gasteiger partial charge in [0.15, 0.2) is 0 Å². The van der Waals surface area contributed by atoms with Crippen LogP contribution in [-0.2, 0) is 17.6 Å². The molecule has 0 bridgehead atoms. The highest BCUT2D eigenvalue weighted by Gasteiger charge is 2.18. The highest BCUT2D eigenvalue weighted by atomic mass is 16.5. The molecule has 0 amide bonds. The molecule has 0 radical (unpaired) electrons. The summed E-state index contributed by atoms with van der Waals surface area (Å²) in [5, 5.41) is 0. The number of rotatable bonds is 3. The quantitative estimate of drug-likeness (QED) is 0.728. The molecule has 2 aromatic rings. The summed E-state index contributed by atoms with van der Waals surface area (Å²) in [5.74, 6) is 1.87. The van der Waals surface area contributed by atoms with Crippen molar-refractivity contribution < 1.29 is 9.53 Å².